The Hall–Kier alpha value is -1.42. The van der Waals surface area contributed by atoms with Crippen molar-refractivity contribution >= 4 is 38.8 Å². The molecule has 0 N–H and O–H groups in total. The summed E-state index contributed by atoms with van der Waals surface area (Å²) in [6, 6.07) is 4.91. The van der Waals surface area contributed by atoms with Crippen molar-refractivity contribution in [2.75, 3.05) is 38.2 Å². The molecule has 0 saturated carbocycles. The predicted molar refractivity (Wildman–Crippen MR) is 93.6 cm³/mol. The van der Waals surface area contributed by atoms with E-state index < -0.39 is 10.0 Å². The summed E-state index contributed by atoms with van der Waals surface area (Å²) < 4.78 is 32.6. The maximum absolute atomic E-state index is 12.6. The number of thiophene rings is 1. The van der Waals surface area contributed by atoms with Crippen molar-refractivity contribution in [3.05, 3.63) is 28.4 Å². The Bertz CT molecular complexity index is 832. The Balaban J connectivity index is 1.73. The molecule has 0 bridgehead atoms. The first-order chi connectivity index (χ1) is 11.4. The summed E-state index contributed by atoms with van der Waals surface area (Å²) in [6.45, 7) is 3.69. The van der Waals surface area contributed by atoms with Crippen molar-refractivity contribution in [1.29, 1.82) is 0 Å². The summed E-state index contributed by atoms with van der Waals surface area (Å²) in [5.41, 5.74) is 0. The quantitative estimate of drug-likeness (QED) is 0.797. The predicted octanol–water partition coefficient (Wildman–Crippen LogP) is 2.02. The molecule has 0 aromatic carbocycles. The molecular weight excluding hydrogens is 372 g/mol. The highest BCUT2D eigenvalue weighted by atomic mass is 35.5. The smallest absolute Gasteiger partial charge is 0.252 e. The fraction of sp³-hybridized carbons (Fsp3) is 0.429. The number of sulfonamides is 1. The van der Waals surface area contributed by atoms with Crippen LogP contribution in [0.1, 0.15) is 5.82 Å². The number of anilines is 1. The van der Waals surface area contributed by atoms with E-state index >= 15 is 0 Å². The van der Waals surface area contributed by atoms with Crippen LogP contribution in [0.2, 0.25) is 4.34 Å². The van der Waals surface area contributed by atoms with Crippen LogP contribution in [0.15, 0.2) is 22.4 Å². The Kier molecular flexibility index (Phi) is 4.95. The number of hydrogen-bond acceptors (Lipinski definition) is 7. The van der Waals surface area contributed by atoms with Crippen LogP contribution in [0.5, 0.6) is 5.88 Å². The summed E-state index contributed by atoms with van der Waals surface area (Å²) in [6.07, 6.45) is 0. The van der Waals surface area contributed by atoms with Gasteiger partial charge in [-0.1, -0.05) is 11.6 Å². The third-order valence-electron chi connectivity index (χ3n) is 3.72. The van der Waals surface area contributed by atoms with Crippen LogP contribution in [-0.2, 0) is 10.0 Å². The number of aryl methyl sites for hydroxylation is 1. The molecule has 0 atom stereocenters. The zero-order valence-electron chi connectivity index (χ0n) is 13.3. The molecule has 10 heteroatoms. The molecule has 1 saturated heterocycles. The molecule has 0 aliphatic carbocycles. The monoisotopic (exact) mass is 388 g/mol. The normalized spacial score (nSPS) is 16.4. The van der Waals surface area contributed by atoms with Crippen LogP contribution >= 0.6 is 22.9 Å². The van der Waals surface area contributed by atoms with Gasteiger partial charge in [-0.2, -0.15) is 9.29 Å². The minimum Gasteiger partial charge on any atom is -0.481 e. The van der Waals surface area contributed by atoms with Gasteiger partial charge in [-0.15, -0.1) is 11.3 Å². The first kappa shape index (κ1) is 17.4. The van der Waals surface area contributed by atoms with Gasteiger partial charge in [-0.05, 0) is 19.1 Å². The molecule has 3 heterocycles. The van der Waals surface area contributed by atoms with E-state index in [0.29, 0.717) is 42.2 Å². The standard InChI is InChI=1S/C14H17ClN4O3S2/c1-10-16-12(9-13(17-10)22-2)18-5-7-19(8-6-18)24(20,21)14-4-3-11(15)23-14/h3-4,9H,5-8H2,1-2H3. The maximum Gasteiger partial charge on any atom is 0.252 e. The second-order valence-electron chi connectivity index (χ2n) is 5.27. The van der Waals surface area contributed by atoms with Crippen molar-refractivity contribution in [3.63, 3.8) is 0 Å². The number of halogens is 1. The lowest BCUT2D eigenvalue weighted by Crippen LogP contribution is -2.48. The molecule has 7 nitrogen and oxygen atoms in total. The van der Waals surface area contributed by atoms with Crippen LogP contribution in [-0.4, -0.2) is 56.0 Å². The average Bonchev–Trinajstić information content (AvgIpc) is 3.01. The van der Waals surface area contributed by atoms with Gasteiger partial charge in [0.15, 0.2) is 0 Å². The van der Waals surface area contributed by atoms with E-state index in [0.717, 1.165) is 17.2 Å². The summed E-state index contributed by atoms with van der Waals surface area (Å²) in [7, 11) is -1.93. The summed E-state index contributed by atoms with van der Waals surface area (Å²) >= 11 is 6.93. The van der Waals surface area contributed by atoms with Crippen molar-refractivity contribution in [2.45, 2.75) is 11.1 Å². The lowest BCUT2D eigenvalue weighted by Gasteiger charge is -2.34. The molecule has 1 aliphatic heterocycles. The lowest BCUT2D eigenvalue weighted by molar-refractivity contribution is 0.381. The topological polar surface area (TPSA) is 75.6 Å². The van der Waals surface area contributed by atoms with Crippen LogP contribution in [0.25, 0.3) is 0 Å². The Morgan fingerprint density at radius 3 is 2.50 bits per heavy atom. The third-order valence-corrected chi connectivity index (χ3v) is 7.31. The molecule has 2 aromatic rings. The van der Waals surface area contributed by atoms with Gasteiger partial charge in [-0.25, -0.2) is 13.4 Å². The highest BCUT2D eigenvalue weighted by molar-refractivity contribution is 7.91. The zero-order chi connectivity index (χ0) is 17.3. The molecule has 0 radical (unpaired) electrons. The van der Waals surface area contributed by atoms with Gasteiger partial charge in [0.1, 0.15) is 15.9 Å². The molecule has 24 heavy (non-hydrogen) atoms. The van der Waals surface area contributed by atoms with E-state index in [1.54, 1.807) is 32.2 Å². The van der Waals surface area contributed by atoms with E-state index in [2.05, 4.69) is 9.97 Å². The number of rotatable bonds is 4. The zero-order valence-corrected chi connectivity index (χ0v) is 15.7. The lowest BCUT2D eigenvalue weighted by atomic mass is 10.3. The second kappa shape index (κ2) is 6.83. The Morgan fingerprint density at radius 1 is 1.21 bits per heavy atom. The number of piperazine rings is 1. The molecule has 1 fully saturated rings. The van der Waals surface area contributed by atoms with Crippen LogP contribution in [0, 0.1) is 6.92 Å². The highest BCUT2D eigenvalue weighted by Crippen LogP contribution is 2.29. The van der Waals surface area contributed by atoms with Gasteiger partial charge in [-0.3, -0.25) is 0 Å². The fourth-order valence-electron chi connectivity index (χ4n) is 2.51. The number of methoxy groups -OCH3 is 1. The van der Waals surface area contributed by atoms with Crippen molar-refractivity contribution < 1.29 is 13.2 Å². The number of nitrogens with zero attached hydrogens (tertiary/aromatic N) is 4. The summed E-state index contributed by atoms with van der Waals surface area (Å²) in [5.74, 6) is 1.86. The van der Waals surface area contributed by atoms with Gasteiger partial charge in [0.2, 0.25) is 5.88 Å². The summed E-state index contributed by atoms with van der Waals surface area (Å²) in [4.78, 5) is 10.6. The first-order valence-corrected chi connectivity index (χ1v) is 9.94. The first-order valence-electron chi connectivity index (χ1n) is 7.30. The number of hydrogen-bond donors (Lipinski definition) is 0. The molecule has 130 valence electrons. The average molecular weight is 389 g/mol. The second-order valence-corrected chi connectivity index (χ2v) is 9.15. The van der Waals surface area contributed by atoms with E-state index in [4.69, 9.17) is 16.3 Å². The van der Waals surface area contributed by atoms with E-state index in [1.165, 1.54) is 4.31 Å². The molecule has 0 amide bonds. The van der Waals surface area contributed by atoms with Gasteiger partial charge >= 0.3 is 0 Å². The SMILES string of the molecule is COc1cc(N2CCN(S(=O)(=O)c3ccc(Cl)s3)CC2)nc(C)n1. The molecule has 1 aliphatic rings. The van der Waals surface area contributed by atoms with E-state index in [1.807, 2.05) is 4.90 Å². The maximum atomic E-state index is 12.6. The van der Waals surface area contributed by atoms with Crippen molar-refractivity contribution in [1.82, 2.24) is 14.3 Å². The fourth-order valence-corrected chi connectivity index (χ4v) is 5.57. The molecule has 3 rings (SSSR count). The number of aromatic nitrogens is 2. The summed E-state index contributed by atoms with van der Waals surface area (Å²) in [5, 5.41) is 0. The van der Waals surface area contributed by atoms with Crippen LogP contribution in [0.3, 0.4) is 0 Å². The van der Waals surface area contributed by atoms with E-state index in [9.17, 15) is 8.42 Å². The molecule has 0 unspecified atom stereocenters. The van der Waals surface area contributed by atoms with Gasteiger partial charge < -0.3 is 9.64 Å². The van der Waals surface area contributed by atoms with Gasteiger partial charge in [0, 0.05) is 32.2 Å². The molecule has 0 spiro atoms. The molecule has 2 aromatic heterocycles. The van der Waals surface area contributed by atoms with E-state index in [-0.39, 0.29) is 4.21 Å². The minimum absolute atomic E-state index is 0.278. The van der Waals surface area contributed by atoms with Gasteiger partial charge in [0.25, 0.3) is 10.0 Å². The minimum atomic E-state index is -3.48. The molecular formula is C14H17ClN4O3S2. The Morgan fingerprint density at radius 2 is 1.92 bits per heavy atom. The number of ether oxygens (including phenoxy) is 1. The van der Waals surface area contributed by atoms with Crippen LogP contribution < -0.4 is 9.64 Å². The van der Waals surface area contributed by atoms with Crippen molar-refractivity contribution in [2.24, 2.45) is 0 Å². The van der Waals surface area contributed by atoms with Gasteiger partial charge in [0.05, 0.1) is 11.4 Å². The van der Waals surface area contributed by atoms with Crippen molar-refractivity contribution in [3.8, 4) is 5.88 Å². The highest BCUT2D eigenvalue weighted by Gasteiger charge is 2.30. The van der Waals surface area contributed by atoms with Crippen LogP contribution in [0.4, 0.5) is 5.82 Å². The third kappa shape index (κ3) is 3.49. The Labute approximate surface area is 149 Å². The largest absolute Gasteiger partial charge is 0.481 e.